The van der Waals surface area contributed by atoms with Gasteiger partial charge in [0.1, 0.15) is 0 Å². The van der Waals surface area contributed by atoms with Crippen LogP contribution < -0.4 is 5.73 Å². The van der Waals surface area contributed by atoms with Crippen LogP contribution in [0.2, 0.25) is 0 Å². The molecule has 0 aromatic rings. The maximum atomic E-state index is 11.6. The van der Waals surface area contributed by atoms with Gasteiger partial charge in [-0.3, -0.25) is 4.79 Å². The van der Waals surface area contributed by atoms with Crippen LogP contribution in [-0.2, 0) is 4.79 Å². The van der Waals surface area contributed by atoms with Crippen LogP contribution in [-0.4, -0.2) is 41.9 Å². The van der Waals surface area contributed by atoms with Crippen LogP contribution >= 0.6 is 11.8 Å². The molecule has 0 saturated carbocycles. The number of carbonyl (C=O) groups is 1. The molecule has 1 amide bonds. The largest absolute Gasteiger partial charge is 0.342 e. The minimum atomic E-state index is 0.285. The lowest BCUT2D eigenvalue weighted by Crippen LogP contribution is -2.37. The minimum Gasteiger partial charge on any atom is -0.342 e. The number of carbonyl (C=O) groups excluding carboxylic acids is 1. The molecule has 1 aliphatic heterocycles. The molecule has 1 saturated heterocycles. The molecule has 1 rings (SSSR count). The maximum Gasteiger partial charge on any atom is 0.232 e. The summed E-state index contributed by atoms with van der Waals surface area (Å²) in [5.41, 5.74) is 5.88. The molecule has 0 bridgehead atoms. The summed E-state index contributed by atoms with van der Waals surface area (Å²) in [5.74, 6) is 0.902. The Morgan fingerprint density at radius 3 is 2.50 bits per heavy atom. The highest BCUT2D eigenvalue weighted by atomic mass is 32.2. The molecule has 3 nitrogen and oxygen atoms in total. The monoisotopic (exact) mass is 216 g/mol. The summed E-state index contributed by atoms with van der Waals surface area (Å²) in [4.78, 5) is 13.6. The van der Waals surface area contributed by atoms with E-state index in [9.17, 15) is 4.79 Å². The molecule has 0 unspecified atom stereocenters. The second-order valence-corrected chi connectivity index (χ2v) is 4.72. The van der Waals surface area contributed by atoms with Gasteiger partial charge in [0, 0.05) is 19.1 Å². The van der Waals surface area contributed by atoms with Gasteiger partial charge in [0.25, 0.3) is 0 Å². The number of hydrogen-bond donors (Lipinski definition) is 1. The van der Waals surface area contributed by atoms with Gasteiger partial charge in [-0.1, -0.05) is 0 Å². The molecule has 0 aliphatic carbocycles. The Bertz CT molecular complexity index is 177. The lowest BCUT2D eigenvalue weighted by molar-refractivity contribution is -0.128. The van der Waals surface area contributed by atoms with E-state index in [-0.39, 0.29) is 5.91 Å². The van der Waals surface area contributed by atoms with E-state index in [1.807, 2.05) is 11.2 Å². The molecule has 82 valence electrons. The third kappa shape index (κ3) is 3.88. The average Bonchev–Trinajstić information content (AvgIpc) is 2.11. The summed E-state index contributed by atoms with van der Waals surface area (Å²) in [5, 5.41) is 0. The van der Waals surface area contributed by atoms with E-state index in [0.717, 1.165) is 38.8 Å². The van der Waals surface area contributed by atoms with Gasteiger partial charge in [-0.15, -0.1) is 0 Å². The minimum absolute atomic E-state index is 0.285. The van der Waals surface area contributed by atoms with Gasteiger partial charge in [0.05, 0.1) is 5.75 Å². The first kappa shape index (κ1) is 11.9. The first-order chi connectivity index (χ1) is 6.74. The fourth-order valence-electron chi connectivity index (χ4n) is 1.81. The van der Waals surface area contributed by atoms with Crippen molar-refractivity contribution in [1.29, 1.82) is 0 Å². The van der Waals surface area contributed by atoms with Gasteiger partial charge in [0.2, 0.25) is 5.91 Å². The smallest absolute Gasteiger partial charge is 0.232 e. The summed E-state index contributed by atoms with van der Waals surface area (Å²) in [6, 6.07) is 0.354. The maximum absolute atomic E-state index is 11.6. The van der Waals surface area contributed by atoms with Crippen LogP contribution in [0.1, 0.15) is 25.7 Å². The summed E-state index contributed by atoms with van der Waals surface area (Å²) in [6.07, 6.45) is 6.20. The van der Waals surface area contributed by atoms with Crippen molar-refractivity contribution in [3.05, 3.63) is 0 Å². The highest BCUT2D eigenvalue weighted by Crippen LogP contribution is 2.11. The third-order valence-corrected chi connectivity index (χ3v) is 3.16. The Morgan fingerprint density at radius 1 is 1.43 bits per heavy atom. The molecular weight excluding hydrogens is 196 g/mol. The number of amides is 1. The molecule has 0 aromatic heterocycles. The Kier molecular flexibility index (Phi) is 5.33. The van der Waals surface area contributed by atoms with E-state index < -0.39 is 0 Å². The van der Waals surface area contributed by atoms with Gasteiger partial charge in [-0.2, -0.15) is 11.8 Å². The van der Waals surface area contributed by atoms with Crippen LogP contribution in [0.15, 0.2) is 0 Å². The molecule has 1 aliphatic rings. The molecule has 0 spiro atoms. The van der Waals surface area contributed by atoms with Crippen LogP contribution in [0.25, 0.3) is 0 Å². The lowest BCUT2D eigenvalue weighted by Gasteiger charge is -2.26. The lowest BCUT2D eigenvalue weighted by atomic mass is 10.0. The summed E-state index contributed by atoms with van der Waals surface area (Å²) >= 11 is 1.60. The van der Waals surface area contributed by atoms with Crippen molar-refractivity contribution in [2.75, 3.05) is 25.1 Å². The van der Waals surface area contributed by atoms with E-state index in [1.165, 1.54) is 0 Å². The molecule has 14 heavy (non-hydrogen) atoms. The molecule has 0 atom stereocenters. The summed E-state index contributed by atoms with van der Waals surface area (Å²) in [7, 11) is 0. The molecule has 0 aromatic carbocycles. The van der Waals surface area contributed by atoms with Gasteiger partial charge in [-0.25, -0.2) is 0 Å². The quantitative estimate of drug-likeness (QED) is 0.751. The predicted molar refractivity (Wildman–Crippen MR) is 61.4 cm³/mol. The fourth-order valence-corrected chi connectivity index (χ4v) is 2.24. The third-order valence-electron chi connectivity index (χ3n) is 2.63. The van der Waals surface area contributed by atoms with Crippen molar-refractivity contribution in [2.45, 2.75) is 31.7 Å². The van der Waals surface area contributed by atoms with Crippen molar-refractivity contribution in [1.82, 2.24) is 4.90 Å². The first-order valence-electron chi connectivity index (χ1n) is 5.26. The zero-order chi connectivity index (χ0) is 10.4. The second-order valence-electron chi connectivity index (χ2n) is 3.86. The Labute approximate surface area is 90.4 Å². The number of thioether (sulfide) groups is 1. The SMILES string of the molecule is CSCC(=O)N1CCCC(N)CCC1. The second kappa shape index (κ2) is 6.30. The number of hydrogen-bond acceptors (Lipinski definition) is 3. The van der Waals surface area contributed by atoms with Crippen molar-refractivity contribution >= 4 is 17.7 Å². The van der Waals surface area contributed by atoms with Crippen LogP contribution in [0.3, 0.4) is 0 Å². The molecule has 1 heterocycles. The number of nitrogens with zero attached hydrogens (tertiary/aromatic N) is 1. The van der Waals surface area contributed by atoms with E-state index in [1.54, 1.807) is 11.8 Å². The van der Waals surface area contributed by atoms with Gasteiger partial charge in [-0.05, 0) is 31.9 Å². The molecular formula is C10H20N2OS. The van der Waals surface area contributed by atoms with E-state index in [0.29, 0.717) is 11.8 Å². The van der Waals surface area contributed by atoms with Gasteiger partial charge in [0.15, 0.2) is 0 Å². The van der Waals surface area contributed by atoms with Crippen molar-refractivity contribution in [3.63, 3.8) is 0 Å². The Morgan fingerprint density at radius 2 is 2.00 bits per heavy atom. The van der Waals surface area contributed by atoms with Crippen molar-refractivity contribution in [3.8, 4) is 0 Å². The predicted octanol–water partition coefficient (Wildman–Crippen LogP) is 1.08. The topological polar surface area (TPSA) is 46.3 Å². The van der Waals surface area contributed by atoms with Crippen LogP contribution in [0, 0.1) is 0 Å². The number of rotatable bonds is 2. The van der Waals surface area contributed by atoms with Crippen molar-refractivity contribution in [2.24, 2.45) is 5.73 Å². The number of nitrogens with two attached hydrogens (primary N) is 1. The van der Waals surface area contributed by atoms with E-state index in [4.69, 9.17) is 5.73 Å². The normalized spacial score (nSPS) is 20.3. The zero-order valence-corrected chi connectivity index (χ0v) is 9.68. The Balaban J connectivity index is 2.34. The number of likely N-dealkylation sites (tertiary alicyclic amines) is 1. The highest BCUT2D eigenvalue weighted by molar-refractivity contribution is 7.99. The average molecular weight is 216 g/mol. The first-order valence-corrected chi connectivity index (χ1v) is 6.65. The fraction of sp³-hybridized carbons (Fsp3) is 0.900. The van der Waals surface area contributed by atoms with Crippen LogP contribution in [0.4, 0.5) is 0 Å². The van der Waals surface area contributed by atoms with Crippen molar-refractivity contribution < 1.29 is 4.79 Å². The summed E-state index contributed by atoms with van der Waals surface area (Å²) < 4.78 is 0. The highest BCUT2D eigenvalue weighted by Gasteiger charge is 2.15. The molecule has 2 N–H and O–H groups in total. The standard InChI is InChI=1S/C10H20N2OS/c1-14-8-10(13)12-6-2-4-9(11)5-3-7-12/h9H,2-8,11H2,1H3. The summed E-state index contributed by atoms with van der Waals surface area (Å²) in [6.45, 7) is 1.79. The molecule has 1 fully saturated rings. The molecule has 4 heteroatoms. The van der Waals surface area contributed by atoms with E-state index in [2.05, 4.69) is 0 Å². The molecule has 0 radical (unpaired) electrons. The van der Waals surface area contributed by atoms with E-state index >= 15 is 0 Å². The zero-order valence-electron chi connectivity index (χ0n) is 8.87. The Hall–Kier alpha value is -0.220. The van der Waals surface area contributed by atoms with Gasteiger partial charge < -0.3 is 10.6 Å². The van der Waals surface area contributed by atoms with Crippen LogP contribution in [0.5, 0.6) is 0 Å². The van der Waals surface area contributed by atoms with Gasteiger partial charge >= 0.3 is 0 Å².